The van der Waals surface area contributed by atoms with Crippen LogP contribution in [0.5, 0.6) is 0 Å². The minimum atomic E-state index is -0.239. The van der Waals surface area contributed by atoms with Crippen molar-refractivity contribution < 1.29 is 9.53 Å². The molecule has 1 N–H and O–H groups in total. The zero-order chi connectivity index (χ0) is 13.9. The molecular weight excluding hydrogens is 242 g/mol. The summed E-state index contributed by atoms with van der Waals surface area (Å²) in [7, 11) is 1.69. The molecule has 19 heavy (non-hydrogen) atoms. The fourth-order valence-electron chi connectivity index (χ4n) is 2.92. The van der Waals surface area contributed by atoms with Gasteiger partial charge < -0.3 is 14.6 Å². The number of amides is 1. The SMILES string of the molecule is COCC1(NC(=O)C(C)n2ccnc2C)CCCC1. The Kier molecular flexibility index (Phi) is 4.24. The molecule has 0 bridgehead atoms. The highest BCUT2D eigenvalue weighted by Gasteiger charge is 2.36. The number of aromatic nitrogens is 2. The summed E-state index contributed by atoms with van der Waals surface area (Å²) in [5, 5.41) is 3.20. The van der Waals surface area contributed by atoms with Gasteiger partial charge in [-0.1, -0.05) is 12.8 Å². The number of aryl methyl sites for hydroxylation is 1. The Hall–Kier alpha value is -1.36. The molecule has 2 rings (SSSR count). The third kappa shape index (κ3) is 2.97. The van der Waals surface area contributed by atoms with Crippen molar-refractivity contribution >= 4 is 5.91 Å². The Morgan fingerprint density at radius 1 is 1.58 bits per heavy atom. The first-order chi connectivity index (χ1) is 9.08. The van der Waals surface area contributed by atoms with Crippen molar-refractivity contribution in [1.82, 2.24) is 14.9 Å². The molecular formula is C14H23N3O2. The average molecular weight is 265 g/mol. The van der Waals surface area contributed by atoms with Gasteiger partial charge in [-0.05, 0) is 26.7 Å². The summed E-state index contributed by atoms with van der Waals surface area (Å²) in [5.74, 6) is 0.898. The summed E-state index contributed by atoms with van der Waals surface area (Å²) in [6, 6.07) is -0.239. The molecule has 1 saturated carbocycles. The highest BCUT2D eigenvalue weighted by atomic mass is 16.5. The second kappa shape index (κ2) is 5.74. The van der Waals surface area contributed by atoms with E-state index in [1.807, 2.05) is 24.6 Å². The smallest absolute Gasteiger partial charge is 0.243 e. The number of hydrogen-bond donors (Lipinski definition) is 1. The molecule has 5 heteroatoms. The molecule has 5 nitrogen and oxygen atoms in total. The third-order valence-corrected chi connectivity index (χ3v) is 4.03. The topological polar surface area (TPSA) is 56.1 Å². The standard InChI is InChI=1S/C14H23N3O2/c1-11(17-9-8-15-12(17)2)13(18)16-14(10-19-3)6-4-5-7-14/h8-9,11H,4-7,10H2,1-3H3,(H,16,18). The van der Waals surface area contributed by atoms with Gasteiger partial charge in [-0.3, -0.25) is 4.79 Å². The van der Waals surface area contributed by atoms with Crippen molar-refractivity contribution in [2.45, 2.75) is 51.1 Å². The van der Waals surface area contributed by atoms with E-state index in [1.54, 1.807) is 13.3 Å². The number of carbonyl (C=O) groups is 1. The van der Waals surface area contributed by atoms with E-state index in [0.29, 0.717) is 6.61 Å². The summed E-state index contributed by atoms with van der Waals surface area (Å²) in [6.45, 7) is 4.40. The van der Waals surface area contributed by atoms with E-state index in [9.17, 15) is 4.79 Å². The molecule has 1 aromatic rings. The lowest BCUT2D eigenvalue weighted by Gasteiger charge is -2.31. The third-order valence-electron chi connectivity index (χ3n) is 4.03. The lowest BCUT2D eigenvalue weighted by Crippen LogP contribution is -2.51. The molecule has 1 amide bonds. The monoisotopic (exact) mass is 265 g/mol. The van der Waals surface area contributed by atoms with Crippen molar-refractivity contribution in [3.8, 4) is 0 Å². The van der Waals surface area contributed by atoms with Crippen LogP contribution in [0.1, 0.15) is 44.5 Å². The lowest BCUT2D eigenvalue weighted by molar-refractivity contribution is -0.126. The molecule has 1 atom stereocenters. The summed E-state index contributed by atoms with van der Waals surface area (Å²) < 4.78 is 7.18. The van der Waals surface area contributed by atoms with Crippen LogP contribution < -0.4 is 5.32 Å². The van der Waals surface area contributed by atoms with Crippen molar-refractivity contribution in [1.29, 1.82) is 0 Å². The molecule has 0 saturated heterocycles. The Balaban J connectivity index is 2.05. The van der Waals surface area contributed by atoms with Crippen molar-refractivity contribution in [2.24, 2.45) is 0 Å². The second-order valence-corrected chi connectivity index (χ2v) is 5.47. The van der Waals surface area contributed by atoms with Crippen LogP contribution in [0.2, 0.25) is 0 Å². The highest BCUT2D eigenvalue weighted by molar-refractivity contribution is 5.80. The minimum absolute atomic E-state index is 0.0417. The summed E-state index contributed by atoms with van der Waals surface area (Å²) in [4.78, 5) is 16.6. The maximum Gasteiger partial charge on any atom is 0.243 e. The van der Waals surface area contributed by atoms with Crippen LogP contribution in [0.15, 0.2) is 12.4 Å². The van der Waals surface area contributed by atoms with Gasteiger partial charge in [0, 0.05) is 19.5 Å². The van der Waals surface area contributed by atoms with Crippen LogP contribution >= 0.6 is 0 Å². The number of imidazole rings is 1. The van der Waals surface area contributed by atoms with Crippen molar-refractivity contribution in [2.75, 3.05) is 13.7 Å². The summed E-state index contributed by atoms with van der Waals surface area (Å²) in [6.07, 6.45) is 7.88. The van der Waals surface area contributed by atoms with Gasteiger partial charge in [0.25, 0.3) is 0 Å². The molecule has 1 unspecified atom stereocenters. The van der Waals surface area contributed by atoms with E-state index in [0.717, 1.165) is 31.5 Å². The van der Waals surface area contributed by atoms with E-state index >= 15 is 0 Å². The summed E-state index contributed by atoms with van der Waals surface area (Å²) >= 11 is 0. The van der Waals surface area contributed by atoms with Crippen LogP contribution in [-0.4, -0.2) is 34.7 Å². The zero-order valence-electron chi connectivity index (χ0n) is 12.0. The number of methoxy groups -OCH3 is 1. The molecule has 0 aromatic carbocycles. The molecule has 0 radical (unpaired) electrons. The van der Waals surface area contributed by atoms with Gasteiger partial charge in [0.1, 0.15) is 11.9 Å². The minimum Gasteiger partial charge on any atom is -0.382 e. The van der Waals surface area contributed by atoms with Crippen LogP contribution in [0.4, 0.5) is 0 Å². The first-order valence-corrected chi connectivity index (χ1v) is 6.88. The maximum atomic E-state index is 12.4. The first kappa shape index (κ1) is 14.1. The van der Waals surface area contributed by atoms with Gasteiger partial charge >= 0.3 is 0 Å². The predicted octanol–water partition coefficient (Wildman–Crippen LogP) is 1.83. The highest BCUT2D eigenvalue weighted by Crippen LogP contribution is 2.30. The number of nitrogens with one attached hydrogen (secondary N) is 1. The van der Waals surface area contributed by atoms with Gasteiger partial charge in [-0.25, -0.2) is 4.98 Å². The van der Waals surface area contributed by atoms with E-state index < -0.39 is 0 Å². The van der Waals surface area contributed by atoms with Crippen LogP contribution in [0.25, 0.3) is 0 Å². The molecule has 1 aliphatic rings. The zero-order valence-corrected chi connectivity index (χ0v) is 12.0. The Labute approximate surface area is 114 Å². The Bertz CT molecular complexity index is 436. The molecule has 1 aliphatic carbocycles. The predicted molar refractivity (Wildman–Crippen MR) is 72.9 cm³/mol. The normalized spacial score (nSPS) is 19.3. The van der Waals surface area contributed by atoms with E-state index in [1.165, 1.54) is 0 Å². The fraction of sp³-hybridized carbons (Fsp3) is 0.714. The van der Waals surface area contributed by atoms with Gasteiger partial charge in [0.05, 0.1) is 12.1 Å². The van der Waals surface area contributed by atoms with Gasteiger partial charge in [-0.2, -0.15) is 0 Å². The molecule has 1 aromatic heterocycles. The van der Waals surface area contributed by atoms with Gasteiger partial charge in [0.15, 0.2) is 0 Å². The molecule has 1 heterocycles. The molecule has 1 fully saturated rings. The molecule has 0 aliphatic heterocycles. The van der Waals surface area contributed by atoms with E-state index in [-0.39, 0.29) is 17.5 Å². The van der Waals surface area contributed by atoms with E-state index in [4.69, 9.17) is 4.74 Å². The number of ether oxygens (including phenoxy) is 1. The largest absolute Gasteiger partial charge is 0.382 e. The van der Waals surface area contributed by atoms with Crippen molar-refractivity contribution in [3.05, 3.63) is 18.2 Å². The second-order valence-electron chi connectivity index (χ2n) is 5.47. The van der Waals surface area contributed by atoms with Gasteiger partial charge in [-0.15, -0.1) is 0 Å². The maximum absolute atomic E-state index is 12.4. The molecule has 0 spiro atoms. The van der Waals surface area contributed by atoms with Crippen LogP contribution in [-0.2, 0) is 9.53 Å². The quantitative estimate of drug-likeness (QED) is 0.883. The fourth-order valence-corrected chi connectivity index (χ4v) is 2.92. The number of nitrogens with zero attached hydrogens (tertiary/aromatic N) is 2. The van der Waals surface area contributed by atoms with E-state index in [2.05, 4.69) is 10.3 Å². The van der Waals surface area contributed by atoms with Crippen LogP contribution in [0.3, 0.4) is 0 Å². The van der Waals surface area contributed by atoms with Gasteiger partial charge in [0.2, 0.25) is 5.91 Å². The van der Waals surface area contributed by atoms with Crippen molar-refractivity contribution in [3.63, 3.8) is 0 Å². The average Bonchev–Trinajstić information content (AvgIpc) is 2.98. The summed E-state index contributed by atoms with van der Waals surface area (Å²) in [5.41, 5.74) is -0.172. The number of carbonyl (C=O) groups excluding carboxylic acids is 1. The Morgan fingerprint density at radius 2 is 2.26 bits per heavy atom. The molecule has 106 valence electrons. The lowest BCUT2D eigenvalue weighted by atomic mass is 9.98. The first-order valence-electron chi connectivity index (χ1n) is 6.88. The number of rotatable bonds is 5. The Morgan fingerprint density at radius 3 is 2.79 bits per heavy atom. The number of hydrogen-bond acceptors (Lipinski definition) is 3. The van der Waals surface area contributed by atoms with Crippen LogP contribution in [0, 0.1) is 6.92 Å².